The van der Waals surface area contributed by atoms with Crippen molar-refractivity contribution >= 4 is 15.5 Å². The van der Waals surface area contributed by atoms with Crippen molar-refractivity contribution in [3.8, 4) is 0 Å². The molecule has 0 bridgehead atoms. The number of piperidine rings is 1. The van der Waals surface area contributed by atoms with E-state index in [1.165, 1.54) is 6.07 Å². The molecule has 1 unspecified atom stereocenters. The quantitative estimate of drug-likeness (QED) is 0.742. The number of nitrogens with zero attached hydrogens (tertiary/aromatic N) is 2. The molecule has 2 aliphatic rings. The Morgan fingerprint density at radius 1 is 1.22 bits per heavy atom. The minimum Gasteiger partial charge on any atom is -0.395 e. The van der Waals surface area contributed by atoms with Gasteiger partial charge in [-0.05, 0) is 38.3 Å². The van der Waals surface area contributed by atoms with E-state index >= 15 is 0 Å². The van der Waals surface area contributed by atoms with Gasteiger partial charge in [-0.1, -0.05) is 12.1 Å². The first kappa shape index (κ1) is 20.5. The third kappa shape index (κ3) is 4.62. The van der Waals surface area contributed by atoms with Gasteiger partial charge in [0.05, 0.1) is 29.4 Å². The van der Waals surface area contributed by atoms with Gasteiger partial charge in [0.1, 0.15) is 5.82 Å². The van der Waals surface area contributed by atoms with Gasteiger partial charge in [0, 0.05) is 31.7 Å². The molecular weight excluding hydrogens is 371 g/mol. The van der Waals surface area contributed by atoms with Crippen molar-refractivity contribution in [1.29, 1.82) is 0 Å². The average molecular weight is 401 g/mol. The highest BCUT2D eigenvalue weighted by atomic mass is 32.2. The first-order valence-electron chi connectivity index (χ1n) is 9.45. The Balaban J connectivity index is 1.68. The summed E-state index contributed by atoms with van der Waals surface area (Å²) in [5.41, 5.74) is -1.01. The molecule has 0 aromatic heterocycles. The average Bonchev–Trinajstić information content (AvgIpc) is 2.90. The fourth-order valence-electron chi connectivity index (χ4n) is 4.29. The third-order valence-corrected chi connectivity index (χ3v) is 7.88. The number of aliphatic hydroxyl groups excluding tert-OH is 1. The maximum absolute atomic E-state index is 14.0. The molecule has 2 saturated heterocycles. The first-order chi connectivity index (χ1) is 12.7. The van der Waals surface area contributed by atoms with E-state index < -0.39 is 21.0 Å². The van der Waals surface area contributed by atoms with E-state index in [4.69, 9.17) is 0 Å². The number of hydrogen-bond donors (Lipinski definition) is 2. The van der Waals surface area contributed by atoms with E-state index in [0.717, 1.165) is 0 Å². The summed E-state index contributed by atoms with van der Waals surface area (Å²) in [6.45, 7) is 3.49. The largest absolute Gasteiger partial charge is 0.395 e. The molecule has 0 aliphatic carbocycles. The molecule has 3 rings (SSSR count). The highest BCUT2D eigenvalue weighted by Gasteiger charge is 2.45. The summed E-state index contributed by atoms with van der Waals surface area (Å²) < 4.78 is 37.9. The van der Waals surface area contributed by atoms with Gasteiger partial charge in [-0.25, -0.2) is 12.8 Å². The lowest BCUT2D eigenvalue weighted by Crippen LogP contribution is -2.58. The van der Waals surface area contributed by atoms with Crippen molar-refractivity contribution in [2.75, 3.05) is 49.2 Å². The van der Waals surface area contributed by atoms with Crippen LogP contribution in [0.3, 0.4) is 0 Å². The zero-order valence-corrected chi connectivity index (χ0v) is 16.6. The lowest BCUT2D eigenvalue weighted by atomic mass is 9.88. The molecule has 0 saturated carbocycles. The van der Waals surface area contributed by atoms with Gasteiger partial charge in [0.25, 0.3) is 0 Å². The van der Waals surface area contributed by atoms with E-state index in [9.17, 15) is 23.0 Å². The molecule has 2 fully saturated rings. The van der Waals surface area contributed by atoms with Crippen molar-refractivity contribution in [2.45, 2.75) is 37.3 Å². The Bertz CT molecular complexity index is 765. The second-order valence-electron chi connectivity index (χ2n) is 8.15. The Morgan fingerprint density at radius 3 is 2.44 bits per heavy atom. The second kappa shape index (κ2) is 7.66. The maximum atomic E-state index is 14.0. The summed E-state index contributed by atoms with van der Waals surface area (Å²) >= 11 is 0. The molecule has 6 nitrogen and oxygen atoms in total. The third-order valence-electron chi connectivity index (χ3n) is 5.99. The van der Waals surface area contributed by atoms with Crippen LogP contribution in [-0.4, -0.2) is 79.0 Å². The molecule has 0 amide bonds. The van der Waals surface area contributed by atoms with E-state index in [-0.39, 0.29) is 23.9 Å². The molecule has 2 heterocycles. The normalized spacial score (nSPS) is 27.2. The topological polar surface area (TPSA) is 81.1 Å². The predicted octanol–water partition coefficient (Wildman–Crippen LogP) is 1.03. The summed E-state index contributed by atoms with van der Waals surface area (Å²) in [5.74, 6) is -0.0731. The van der Waals surface area contributed by atoms with Gasteiger partial charge in [-0.15, -0.1) is 0 Å². The smallest absolute Gasteiger partial charge is 0.152 e. The Labute approximate surface area is 160 Å². The van der Waals surface area contributed by atoms with Crippen molar-refractivity contribution in [3.05, 3.63) is 30.1 Å². The maximum Gasteiger partial charge on any atom is 0.152 e. The van der Waals surface area contributed by atoms with Crippen molar-refractivity contribution in [3.63, 3.8) is 0 Å². The number of halogens is 1. The molecule has 1 aromatic carbocycles. The lowest BCUT2D eigenvalue weighted by molar-refractivity contribution is -0.0444. The van der Waals surface area contributed by atoms with Crippen LogP contribution in [0, 0.1) is 5.82 Å². The summed E-state index contributed by atoms with van der Waals surface area (Å²) in [4.78, 5) is 3.86. The van der Waals surface area contributed by atoms with Gasteiger partial charge in [-0.2, -0.15) is 0 Å². The molecule has 0 spiro atoms. The Morgan fingerprint density at radius 2 is 1.89 bits per heavy atom. The molecule has 27 heavy (non-hydrogen) atoms. The molecule has 152 valence electrons. The number of sulfone groups is 1. The first-order valence-corrected chi connectivity index (χ1v) is 11.3. The van der Waals surface area contributed by atoms with E-state index in [1.807, 2.05) is 16.7 Å². The molecule has 8 heteroatoms. The zero-order valence-electron chi connectivity index (χ0n) is 15.8. The van der Waals surface area contributed by atoms with Gasteiger partial charge in [-0.3, -0.25) is 4.90 Å². The van der Waals surface area contributed by atoms with E-state index in [0.29, 0.717) is 51.1 Å². The van der Waals surface area contributed by atoms with E-state index in [2.05, 4.69) is 0 Å². The molecule has 1 aromatic rings. The van der Waals surface area contributed by atoms with Crippen molar-refractivity contribution in [2.24, 2.45) is 0 Å². The highest BCUT2D eigenvalue weighted by molar-refractivity contribution is 7.91. The number of anilines is 1. The van der Waals surface area contributed by atoms with Crippen LogP contribution in [0.4, 0.5) is 10.1 Å². The fraction of sp³-hybridized carbons (Fsp3) is 0.684. The molecule has 1 atom stereocenters. The van der Waals surface area contributed by atoms with Crippen molar-refractivity contribution in [1.82, 2.24) is 4.90 Å². The van der Waals surface area contributed by atoms with Crippen LogP contribution in [-0.2, 0) is 9.84 Å². The minimum atomic E-state index is -3.08. The van der Waals surface area contributed by atoms with Gasteiger partial charge < -0.3 is 15.1 Å². The van der Waals surface area contributed by atoms with Crippen LogP contribution >= 0.6 is 0 Å². The van der Waals surface area contributed by atoms with Crippen LogP contribution < -0.4 is 4.90 Å². The summed E-state index contributed by atoms with van der Waals surface area (Å²) in [7, 11) is -3.08. The highest BCUT2D eigenvalue weighted by Crippen LogP contribution is 2.34. The monoisotopic (exact) mass is 400 g/mol. The van der Waals surface area contributed by atoms with E-state index in [1.54, 1.807) is 18.2 Å². The summed E-state index contributed by atoms with van der Waals surface area (Å²) in [6.07, 6.45) is 1.44. The number of hydrogen-bond acceptors (Lipinski definition) is 6. The Hall–Kier alpha value is -1.22. The standard InChI is InChI=1S/C19H29FN2O4S/c1-18(8-13-27(25,26)15-18)22(11-12-23)14-19(24)6-9-21(10-7-19)17-5-3-2-4-16(17)20/h2-5,23-24H,6-15H2,1H3. The molecule has 2 aliphatic heterocycles. The number of rotatable bonds is 6. The Kier molecular flexibility index (Phi) is 5.82. The van der Waals surface area contributed by atoms with Crippen LogP contribution in [0.2, 0.25) is 0 Å². The van der Waals surface area contributed by atoms with Crippen LogP contribution in [0.1, 0.15) is 26.2 Å². The number of benzene rings is 1. The van der Waals surface area contributed by atoms with Crippen LogP contribution in [0.25, 0.3) is 0 Å². The van der Waals surface area contributed by atoms with Crippen LogP contribution in [0.15, 0.2) is 24.3 Å². The predicted molar refractivity (Wildman–Crippen MR) is 103 cm³/mol. The number of para-hydroxylation sites is 1. The SMILES string of the molecule is CC1(N(CCO)CC2(O)CCN(c3ccccc3F)CC2)CCS(=O)(=O)C1. The van der Waals surface area contributed by atoms with Crippen molar-refractivity contribution < 1.29 is 23.0 Å². The summed E-state index contributed by atoms with van der Waals surface area (Å²) in [6, 6.07) is 6.62. The van der Waals surface area contributed by atoms with Crippen LogP contribution in [0.5, 0.6) is 0 Å². The van der Waals surface area contributed by atoms with Gasteiger partial charge in [0.2, 0.25) is 0 Å². The molecule has 2 N–H and O–H groups in total. The zero-order chi connectivity index (χ0) is 19.7. The number of aliphatic hydroxyl groups is 2. The fourth-order valence-corrected chi connectivity index (χ4v) is 6.46. The molecule has 0 radical (unpaired) electrons. The second-order valence-corrected chi connectivity index (χ2v) is 10.3. The van der Waals surface area contributed by atoms with Gasteiger partial charge >= 0.3 is 0 Å². The summed E-state index contributed by atoms with van der Waals surface area (Å²) in [5, 5.41) is 20.6. The lowest BCUT2D eigenvalue weighted by Gasteiger charge is -2.46. The number of β-amino-alcohol motifs (C(OH)–C–C–N with tert-alkyl or cyclic N) is 2. The molecular formula is C19H29FN2O4S. The van der Waals surface area contributed by atoms with Gasteiger partial charge in [0.15, 0.2) is 9.84 Å². The minimum absolute atomic E-state index is 0.0530.